The topological polar surface area (TPSA) is 58.2 Å². The lowest BCUT2D eigenvalue weighted by molar-refractivity contribution is 0.413. The number of hydrogen-bond donors (Lipinski definition) is 1. The molecule has 0 saturated carbocycles. The molecule has 0 saturated heterocycles. The minimum absolute atomic E-state index is 0.551. The molecule has 0 amide bonds. The maximum absolute atomic E-state index is 8.98. The Balaban J connectivity index is 1.96. The summed E-state index contributed by atoms with van der Waals surface area (Å²) < 4.78 is 10.3. The number of hydrogen-bond acceptors (Lipinski definition) is 4. The molecule has 18 heavy (non-hydrogen) atoms. The quantitative estimate of drug-likeness (QED) is 0.875. The van der Waals surface area contributed by atoms with Gasteiger partial charge in [0.25, 0.3) is 0 Å². The minimum atomic E-state index is 0.551. The third-order valence-corrected chi connectivity index (χ3v) is 2.59. The largest absolute Gasteiger partial charge is 0.495 e. The number of benzene rings is 1. The Morgan fingerprint density at radius 1 is 1.33 bits per heavy atom. The lowest BCUT2D eigenvalue weighted by Gasteiger charge is -2.06. The van der Waals surface area contributed by atoms with E-state index in [0.717, 1.165) is 11.3 Å². The number of methoxy groups -OCH3 is 1. The highest BCUT2D eigenvalue weighted by atomic mass is 16.5. The summed E-state index contributed by atoms with van der Waals surface area (Å²) in [6, 6.07) is 11.5. The van der Waals surface area contributed by atoms with Crippen molar-refractivity contribution in [2.45, 2.75) is 13.1 Å². The molecule has 0 aliphatic heterocycles. The third kappa shape index (κ3) is 2.90. The Kier molecular flexibility index (Phi) is 4.00. The Labute approximate surface area is 106 Å². The summed E-state index contributed by atoms with van der Waals surface area (Å²) in [5, 5.41) is 12.2. The van der Waals surface area contributed by atoms with E-state index in [1.807, 2.05) is 30.3 Å². The highest BCUT2D eigenvalue weighted by Gasteiger charge is 2.03. The predicted octanol–water partition coefficient (Wildman–Crippen LogP) is 2.45. The fraction of sp³-hybridized carbons (Fsp3) is 0.214. The molecule has 2 rings (SSSR count). The molecule has 2 aromatic rings. The van der Waals surface area contributed by atoms with Crippen molar-refractivity contribution in [3.63, 3.8) is 0 Å². The zero-order chi connectivity index (χ0) is 12.8. The fourth-order valence-corrected chi connectivity index (χ4v) is 1.70. The van der Waals surface area contributed by atoms with Crippen molar-refractivity contribution in [2.24, 2.45) is 0 Å². The maximum Gasteiger partial charge on any atom is 0.136 e. The van der Waals surface area contributed by atoms with Gasteiger partial charge in [-0.05, 0) is 29.8 Å². The fourth-order valence-electron chi connectivity index (χ4n) is 1.70. The van der Waals surface area contributed by atoms with Gasteiger partial charge in [-0.15, -0.1) is 0 Å². The van der Waals surface area contributed by atoms with Crippen molar-refractivity contribution >= 4 is 0 Å². The summed E-state index contributed by atoms with van der Waals surface area (Å²) in [5.41, 5.74) is 1.59. The molecule has 1 N–H and O–H groups in total. The number of ether oxygens (including phenoxy) is 1. The summed E-state index contributed by atoms with van der Waals surface area (Å²) >= 11 is 0. The first-order chi connectivity index (χ1) is 8.83. The van der Waals surface area contributed by atoms with Gasteiger partial charge in [-0.3, -0.25) is 0 Å². The number of furan rings is 1. The van der Waals surface area contributed by atoms with Gasteiger partial charge in [0.15, 0.2) is 0 Å². The molecule has 0 aliphatic carbocycles. The molecule has 0 spiro atoms. The van der Waals surface area contributed by atoms with E-state index in [1.54, 1.807) is 13.4 Å². The molecule has 92 valence electrons. The number of nitriles is 1. The van der Waals surface area contributed by atoms with Gasteiger partial charge >= 0.3 is 0 Å². The first-order valence-electron chi connectivity index (χ1n) is 5.63. The summed E-state index contributed by atoms with van der Waals surface area (Å²) in [7, 11) is 1.56. The Morgan fingerprint density at radius 2 is 2.22 bits per heavy atom. The van der Waals surface area contributed by atoms with Crippen molar-refractivity contribution < 1.29 is 9.15 Å². The summed E-state index contributed by atoms with van der Waals surface area (Å²) in [4.78, 5) is 0. The second kappa shape index (κ2) is 5.89. The zero-order valence-electron chi connectivity index (χ0n) is 10.1. The highest BCUT2D eigenvalue weighted by Crippen LogP contribution is 2.18. The molecule has 4 heteroatoms. The van der Waals surface area contributed by atoms with Crippen LogP contribution in [-0.2, 0) is 13.1 Å². The molecular weight excluding hydrogens is 228 g/mol. The Hall–Kier alpha value is -2.25. The molecule has 0 fully saturated rings. The Morgan fingerprint density at radius 3 is 2.89 bits per heavy atom. The van der Waals surface area contributed by atoms with Crippen LogP contribution in [0, 0.1) is 11.3 Å². The van der Waals surface area contributed by atoms with E-state index in [0.29, 0.717) is 24.4 Å². The van der Waals surface area contributed by atoms with Gasteiger partial charge in [0.1, 0.15) is 17.6 Å². The van der Waals surface area contributed by atoms with Gasteiger partial charge in [-0.25, -0.2) is 0 Å². The molecule has 0 aliphatic rings. The lowest BCUT2D eigenvalue weighted by Crippen LogP contribution is -2.12. The van der Waals surface area contributed by atoms with Crippen LogP contribution in [0.1, 0.15) is 16.9 Å². The van der Waals surface area contributed by atoms with E-state index in [2.05, 4.69) is 11.4 Å². The average Bonchev–Trinajstić information content (AvgIpc) is 2.91. The maximum atomic E-state index is 8.98. The van der Waals surface area contributed by atoms with Crippen LogP contribution in [0.2, 0.25) is 0 Å². The van der Waals surface area contributed by atoms with Crippen LogP contribution in [0.25, 0.3) is 0 Å². The minimum Gasteiger partial charge on any atom is -0.495 e. The SMILES string of the molecule is COc1ccc(CNCc2ccco2)cc1C#N. The molecule has 1 heterocycles. The molecule has 0 bridgehead atoms. The van der Waals surface area contributed by atoms with Crippen LogP contribution in [0.15, 0.2) is 41.0 Å². The number of nitrogens with one attached hydrogen (secondary N) is 1. The van der Waals surface area contributed by atoms with E-state index in [4.69, 9.17) is 14.4 Å². The molecule has 0 atom stereocenters. The molecule has 0 unspecified atom stereocenters. The molecule has 1 aromatic carbocycles. The first kappa shape index (κ1) is 12.2. The van der Waals surface area contributed by atoms with Crippen molar-refractivity contribution in [1.29, 1.82) is 5.26 Å². The second-order valence-corrected chi connectivity index (χ2v) is 3.83. The molecular formula is C14H14N2O2. The van der Waals surface area contributed by atoms with Gasteiger partial charge in [-0.1, -0.05) is 6.07 Å². The van der Waals surface area contributed by atoms with Gasteiger partial charge in [0.2, 0.25) is 0 Å². The summed E-state index contributed by atoms with van der Waals surface area (Å²) in [6.07, 6.45) is 1.65. The number of nitrogens with zero attached hydrogens (tertiary/aromatic N) is 1. The van der Waals surface area contributed by atoms with Crippen LogP contribution in [0.3, 0.4) is 0 Å². The van der Waals surface area contributed by atoms with E-state index in [9.17, 15) is 0 Å². The number of rotatable bonds is 5. The summed E-state index contributed by atoms with van der Waals surface area (Å²) in [6.45, 7) is 1.35. The van der Waals surface area contributed by atoms with Crippen LogP contribution in [0.5, 0.6) is 5.75 Å². The van der Waals surface area contributed by atoms with Crippen molar-refractivity contribution in [1.82, 2.24) is 5.32 Å². The van der Waals surface area contributed by atoms with Crippen LogP contribution >= 0.6 is 0 Å². The van der Waals surface area contributed by atoms with Gasteiger partial charge in [-0.2, -0.15) is 5.26 Å². The average molecular weight is 242 g/mol. The zero-order valence-corrected chi connectivity index (χ0v) is 10.1. The first-order valence-corrected chi connectivity index (χ1v) is 5.63. The van der Waals surface area contributed by atoms with E-state index >= 15 is 0 Å². The van der Waals surface area contributed by atoms with Gasteiger partial charge in [0.05, 0.1) is 25.5 Å². The van der Waals surface area contributed by atoms with E-state index in [1.165, 1.54) is 0 Å². The summed E-state index contributed by atoms with van der Waals surface area (Å²) in [5.74, 6) is 1.50. The molecule has 0 radical (unpaired) electrons. The Bertz CT molecular complexity index is 541. The molecule has 4 nitrogen and oxygen atoms in total. The van der Waals surface area contributed by atoms with Crippen LogP contribution < -0.4 is 10.1 Å². The second-order valence-electron chi connectivity index (χ2n) is 3.83. The van der Waals surface area contributed by atoms with Crippen LogP contribution in [-0.4, -0.2) is 7.11 Å². The smallest absolute Gasteiger partial charge is 0.136 e. The predicted molar refractivity (Wildman–Crippen MR) is 67.0 cm³/mol. The van der Waals surface area contributed by atoms with E-state index < -0.39 is 0 Å². The molecule has 1 aromatic heterocycles. The third-order valence-electron chi connectivity index (χ3n) is 2.59. The standard InChI is InChI=1S/C14H14N2O2/c1-17-14-5-4-11(7-12(14)8-15)9-16-10-13-3-2-6-18-13/h2-7,16H,9-10H2,1H3. The van der Waals surface area contributed by atoms with Gasteiger partial charge < -0.3 is 14.5 Å². The van der Waals surface area contributed by atoms with Crippen molar-refractivity contribution in [3.8, 4) is 11.8 Å². The van der Waals surface area contributed by atoms with Crippen LogP contribution in [0.4, 0.5) is 0 Å². The monoisotopic (exact) mass is 242 g/mol. The lowest BCUT2D eigenvalue weighted by atomic mass is 10.1. The van der Waals surface area contributed by atoms with Crippen molar-refractivity contribution in [3.05, 3.63) is 53.5 Å². The van der Waals surface area contributed by atoms with Gasteiger partial charge in [0, 0.05) is 6.54 Å². The van der Waals surface area contributed by atoms with E-state index in [-0.39, 0.29) is 0 Å². The highest BCUT2D eigenvalue weighted by molar-refractivity contribution is 5.45. The van der Waals surface area contributed by atoms with Crippen molar-refractivity contribution in [2.75, 3.05) is 7.11 Å². The normalized spacial score (nSPS) is 10.0.